The van der Waals surface area contributed by atoms with Gasteiger partial charge in [-0.25, -0.2) is 4.98 Å². The maximum atomic E-state index is 4.70. The Bertz CT molecular complexity index is 444. The van der Waals surface area contributed by atoms with Gasteiger partial charge < -0.3 is 5.32 Å². The third-order valence-electron chi connectivity index (χ3n) is 2.62. The van der Waals surface area contributed by atoms with Gasteiger partial charge in [0, 0.05) is 30.0 Å². The zero-order valence-corrected chi connectivity index (χ0v) is 11.3. The molecule has 16 heavy (non-hydrogen) atoms. The average Bonchev–Trinajstić information content (AvgIpc) is 2.74. The largest absolute Gasteiger partial charge is 0.311 e. The first-order chi connectivity index (χ1) is 7.43. The minimum atomic E-state index is 0. The molecule has 0 amide bonds. The molecule has 0 bridgehead atoms. The smallest absolute Gasteiger partial charge is 0.123 e. The molecule has 4 heteroatoms. The van der Waals surface area contributed by atoms with E-state index in [9.17, 15) is 0 Å². The Hall–Kier alpha value is -0.710. The van der Waals surface area contributed by atoms with Gasteiger partial charge in [0.2, 0.25) is 0 Å². The van der Waals surface area contributed by atoms with Gasteiger partial charge in [0.1, 0.15) is 5.01 Å². The van der Waals surface area contributed by atoms with Crippen LogP contribution in [0.25, 0.3) is 10.6 Å². The first-order valence-electron chi connectivity index (χ1n) is 5.18. The lowest BCUT2D eigenvalue weighted by molar-refractivity contribution is 0.644. The van der Waals surface area contributed by atoms with Gasteiger partial charge in [0.15, 0.2) is 0 Å². The third-order valence-corrected chi connectivity index (χ3v) is 3.77. The van der Waals surface area contributed by atoms with Crippen molar-refractivity contribution in [2.45, 2.75) is 13.0 Å². The number of hydrogen-bond donors (Lipinski definition) is 1. The predicted octanol–water partition coefficient (Wildman–Crippen LogP) is 3.03. The molecule has 0 fully saturated rings. The topological polar surface area (TPSA) is 24.9 Å². The van der Waals surface area contributed by atoms with Crippen LogP contribution in [0.3, 0.4) is 0 Å². The summed E-state index contributed by atoms with van der Waals surface area (Å²) >= 11 is 1.81. The van der Waals surface area contributed by atoms with E-state index in [2.05, 4.69) is 29.6 Å². The van der Waals surface area contributed by atoms with Crippen LogP contribution in [-0.4, -0.2) is 11.5 Å². The summed E-state index contributed by atoms with van der Waals surface area (Å²) in [5, 5.41) is 4.53. The summed E-state index contributed by atoms with van der Waals surface area (Å²) < 4.78 is 0. The second-order valence-electron chi connectivity index (χ2n) is 3.68. The van der Waals surface area contributed by atoms with Crippen LogP contribution in [0.1, 0.15) is 10.6 Å². The molecular formula is C12H13BrN2S. The molecule has 0 saturated carbocycles. The summed E-state index contributed by atoms with van der Waals surface area (Å²) in [4.78, 5) is 6.10. The Morgan fingerprint density at radius 3 is 2.75 bits per heavy atom. The van der Waals surface area contributed by atoms with Crippen LogP contribution < -0.4 is 5.32 Å². The summed E-state index contributed by atoms with van der Waals surface area (Å²) in [7, 11) is 0. The minimum Gasteiger partial charge on any atom is -0.311 e. The van der Waals surface area contributed by atoms with Crippen LogP contribution in [0.2, 0.25) is 0 Å². The summed E-state index contributed by atoms with van der Waals surface area (Å²) in [5.74, 6) is 0. The van der Waals surface area contributed by atoms with Crippen LogP contribution in [-0.2, 0) is 13.0 Å². The second kappa shape index (κ2) is 5.08. The van der Waals surface area contributed by atoms with Crippen molar-refractivity contribution < 1.29 is 0 Å². The van der Waals surface area contributed by atoms with Crippen molar-refractivity contribution in [3.05, 3.63) is 40.9 Å². The van der Waals surface area contributed by atoms with Crippen LogP contribution in [0, 0.1) is 0 Å². The molecule has 84 valence electrons. The molecule has 2 aromatic rings. The highest BCUT2D eigenvalue weighted by atomic mass is 79.9. The highest BCUT2D eigenvalue weighted by Gasteiger charge is 2.14. The molecule has 0 saturated heterocycles. The van der Waals surface area contributed by atoms with Gasteiger partial charge in [-0.1, -0.05) is 30.3 Å². The molecule has 0 aliphatic carbocycles. The third kappa shape index (κ3) is 2.19. The van der Waals surface area contributed by atoms with E-state index in [1.807, 2.05) is 17.4 Å². The average molecular weight is 297 g/mol. The fourth-order valence-electron chi connectivity index (χ4n) is 1.83. The quantitative estimate of drug-likeness (QED) is 0.875. The molecule has 2 heterocycles. The summed E-state index contributed by atoms with van der Waals surface area (Å²) in [6, 6.07) is 10.4. The summed E-state index contributed by atoms with van der Waals surface area (Å²) in [6.45, 7) is 2.05. The van der Waals surface area contributed by atoms with Gasteiger partial charge in [-0.2, -0.15) is 0 Å². The molecule has 1 aromatic carbocycles. The molecule has 0 atom stereocenters. The van der Waals surface area contributed by atoms with Crippen molar-refractivity contribution in [2.24, 2.45) is 0 Å². The molecule has 1 aliphatic heterocycles. The Balaban J connectivity index is 0.000000963. The maximum absolute atomic E-state index is 4.70. The van der Waals surface area contributed by atoms with E-state index < -0.39 is 0 Å². The number of nitrogens with zero attached hydrogens (tertiary/aromatic N) is 1. The highest BCUT2D eigenvalue weighted by Crippen LogP contribution is 2.29. The van der Waals surface area contributed by atoms with Crippen LogP contribution in [0.4, 0.5) is 0 Å². The lowest BCUT2D eigenvalue weighted by atomic mass is 10.2. The molecule has 1 N–H and O–H groups in total. The van der Waals surface area contributed by atoms with Crippen molar-refractivity contribution in [2.75, 3.05) is 6.54 Å². The zero-order chi connectivity index (χ0) is 10.1. The van der Waals surface area contributed by atoms with Gasteiger partial charge in [-0.3, -0.25) is 0 Å². The van der Waals surface area contributed by atoms with E-state index >= 15 is 0 Å². The standard InChI is InChI=1S/C12H12N2S.BrH/c1-2-4-9(5-3-1)12-14-10-6-7-13-8-11(10)15-12;/h1-5,13H,6-8H2;1H. The van der Waals surface area contributed by atoms with Crippen molar-refractivity contribution in [3.63, 3.8) is 0 Å². The fraction of sp³-hybridized carbons (Fsp3) is 0.250. The highest BCUT2D eigenvalue weighted by molar-refractivity contribution is 8.93. The SMILES string of the molecule is Br.c1ccc(-c2nc3c(s2)CNCC3)cc1. The molecule has 1 aliphatic rings. The number of aromatic nitrogens is 1. The monoisotopic (exact) mass is 296 g/mol. The predicted molar refractivity (Wildman–Crippen MR) is 73.3 cm³/mol. The lowest BCUT2D eigenvalue weighted by Gasteiger charge is -2.09. The molecule has 0 spiro atoms. The van der Waals surface area contributed by atoms with Crippen LogP contribution in [0.15, 0.2) is 30.3 Å². The Morgan fingerprint density at radius 1 is 1.19 bits per heavy atom. The fourth-order valence-corrected chi connectivity index (χ4v) is 2.91. The lowest BCUT2D eigenvalue weighted by Crippen LogP contribution is -2.22. The van der Waals surface area contributed by atoms with Crippen molar-refractivity contribution >= 4 is 28.3 Å². The van der Waals surface area contributed by atoms with E-state index in [1.54, 1.807) is 0 Å². The molecule has 0 unspecified atom stereocenters. The van der Waals surface area contributed by atoms with E-state index in [1.165, 1.54) is 16.1 Å². The molecule has 3 rings (SSSR count). The second-order valence-corrected chi connectivity index (χ2v) is 4.77. The first kappa shape index (κ1) is 11.8. The Morgan fingerprint density at radius 2 is 2.00 bits per heavy atom. The van der Waals surface area contributed by atoms with E-state index in [0.717, 1.165) is 24.5 Å². The number of thiazole rings is 1. The van der Waals surface area contributed by atoms with Crippen molar-refractivity contribution in [3.8, 4) is 10.6 Å². The van der Waals surface area contributed by atoms with Crippen LogP contribution >= 0.6 is 28.3 Å². The van der Waals surface area contributed by atoms with E-state index in [0.29, 0.717) is 0 Å². The first-order valence-corrected chi connectivity index (χ1v) is 6.00. The minimum absolute atomic E-state index is 0. The number of benzene rings is 1. The molecule has 1 aromatic heterocycles. The van der Waals surface area contributed by atoms with Gasteiger partial charge >= 0.3 is 0 Å². The Labute approximate surface area is 110 Å². The number of hydrogen-bond acceptors (Lipinski definition) is 3. The zero-order valence-electron chi connectivity index (χ0n) is 8.77. The van der Waals surface area contributed by atoms with Gasteiger partial charge in [0.25, 0.3) is 0 Å². The number of nitrogens with one attached hydrogen (secondary N) is 1. The molecular weight excluding hydrogens is 284 g/mol. The van der Waals surface area contributed by atoms with Crippen molar-refractivity contribution in [1.29, 1.82) is 0 Å². The summed E-state index contributed by atoms with van der Waals surface area (Å²) in [6.07, 6.45) is 1.07. The van der Waals surface area contributed by atoms with Gasteiger partial charge in [-0.05, 0) is 0 Å². The number of halogens is 1. The van der Waals surface area contributed by atoms with Gasteiger partial charge in [0.05, 0.1) is 5.69 Å². The number of rotatable bonds is 1. The Kier molecular flexibility index (Phi) is 3.74. The maximum Gasteiger partial charge on any atom is 0.123 e. The van der Waals surface area contributed by atoms with Crippen molar-refractivity contribution in [1.82, 2.24) is 10.3 Å². The van der Waals surface area contributed by atoms with Gasteiger partial charge in [-0.15, -0.1) is 28.3 Å². The van der Waals surface area contributed by atoms with E-state index in [-0.39, 0.29) is 17.0 Å². The normalized spacial score (nSPS) is 14.0. The molecule has 2 nitrogen and oxygen atoms in total. The molecule has 0 radical (unpaired) electrons. The number of fused-ring (bicyclic) bond motifs is 1. The van der Waals surface area contributed by atoms with Crippen LogP contribution in [0.5, 0.6) is 0 Å². The summed E-state index contributed by atoms with van der Waals surface area (Å²) in [5.41, 5.74) is 2.52. The van der Waals surface area contributed by atoms with E-state index in [4.69, 9.17) is 4.98 Å².